The maximum Gasteiger partial charge on any atom is 0.271 e. The first-order valence-corrected chi connectivity index (χ1v) is 15.4. The summed E-state index contributed by atoms with van der Waals surface area (Å²) in [5.41, 5.74) is 4.81. The number of carbonyl (C=O) groups is 1. The van der Waals surface area contributed by atoms with Crippen LogP contribution in [-0.2, 0) is 25.8 Å². The number of rotatable bonds is 11. The number of amides is 1. The van der Waals surface area contributed by atoms with Crippen LogP contribution in [0.25, 0.3) is 21.7 Å². The third-order valence-corrected chi connectivity index (χ3v) is 8.44. The van der Waals surface area contributed by atoms with Crippen LogP contribution in [0, 0.1) is 0 Å². The predicted molar refractivity (Wildman–Crippen MR) is 180 cm³/mol. The van der Waals surface area contributed by atoms with E-state index in [9.17, 15) is 4.79 Å². The molecule has 8 nitrogen and oxygen atoms in total. The lowest BCUT2D eigenvalue weighted by atomic mass is 10.0. The molecule has 4 aromatic carbocycles. The van der Waals surface area contributed by atoms with Crippen molar-refractivity contribution in [3.8, 4) is 5.75 Å². The second kappa shape index (κ2) is 13.1. The van der Waals surface area contributed by atoms with E-state index in [1.807, 2.05) is 66.9 Å². The summed E-state index contributed by atoms with van der Waals surface area (Å²) in [6, 6.07) is 35.8. The molecule has 3 aromatic heterocycles. The maximum absolute atomic E-state index is 14.0. The van der Waals surface area contributed by atoms with Gasteiger partial charge < -0.3 is 19.6 Å². The molecule has 0 aliphatic carbocycles. The highest BCUT2D eigenvalue weighted by Gasteiger charge is 2.26. The van der Waals surface area contributed by atoms with Gasteiger partial charge in [0.25, 0.3) is 5.91 Å². The van der Waals surface area contributed by atoms with Gasteiger partial charge in [-0.25, -0.2) is 0 Å². The molecule has 46 heavy (non-hydrogen) atoms. The number of hydrogen-bond acceptors (Lipinski definition) is 5. The average molecular weight is 607 g/mol. The monoisotopic (exact) mass is 606 g/mol. The molecule has 8 heteroatoms. The van der Waals surface area contributed by atoms with Crippen LogP contribution in [0.15, 0.2) is 122 Å². The molecule has 0 saturated heterocycles. The molecule has 0 unspecified atom stereocenters. The van der Waals surface area contributed by atoms with Crippen LogP contribution in [0.2, 0.25) is 0 Å². The van der Waals surface area contributed by atoms with E-state index < -0.39 is 6.04 Å². The minimum Gasteiger partial charge on any atom is -0.497 e. The number of methoxy groups -OCH3 is 1. The summed E-state index contributed by atoms with van der Waals surface area (Å²) in [7, 11) is 1.66. The molecule has 7 aromatic rings. The lowest BCUT2D eigenvalue weighted by molar-refractivity contribution is 0.0930. The zero-order valence-electron chi connectivity index (χ0n) is 25.6. The largest absolute Gasteiger partial charge is 0.497 e. The van der Waals surface area contributed by atoms with Gasteiger partial charge in [0.1, 0.15) is 17.3 Å². The summed E-state index contributed by atoms with van der Waals surface area (Å²) >= 11 is 0. The molecule has 0 aliphatic rings. The van der Waals surface area contributed by atoms with Crippen molar-refractivity contribution in [1.82, 2.24) is 30.0 Å². The molecule has 0 fully saturated rings. The molecule has 1 atom stereocenters. The summed E-state index contributed by atoms with van der Waals surface area (Å²) in [6.45, 7) is 0.545. The molecule has 0 aliphatic heterocycles. The summed E-state index contributed by atoms with van der Waals surface area (Å²) in [5, 5.41) is 15.7. The summed E-state index contributed by atoms with van der Waals surface area (Å²) in [5.74, 6) is 2.09. The lowest BCUT2D eigenvalue weighted by Gasteiger charge is -2.20. The van der Waals surface area contributed by atoms with Gasteiger partial charge in [0.2, 0.25) is 0 Å². The Morgan fingerprint density at radius 1 is 0.826 bits per heavy atom. The van der Waals surface area contributed by atoms with Crippen LogP contribution < -0.4 is 10.1 Å². The van der Waals surface area contributed by atoms with Crippen molar-refractivity contribution >= 4 is 27.6 Å². The van der Waals surface area contributed by atoms with Crippen molar-refractivity contribution in [2.45, 2.75) is 31.8 Å². The second-order valence-electron chi connectivity index (χ2n) is 11.4. The van der Waals surface area contributed by atoms with Crippen molar-refractivity contribution in [3.63, 3.8) is 0 Å². The second-order valence-corrected chi connectivity index (χ2v) is 11.4. The fraction of sp³-hybridized carbons (Fsp3) is 0.158. The van der Waals surface area contributed by atoms with E-state index in [1.165, 1.54) is 5.56 Å². The van der Waals surface area contributed by atoms with Gasteiger partial charge in [0, 0.05) is 41.5 Å². The highest BCUT2D eigenvalue weighted by Crippen LogP contribution is 2.27. The molecular formula is C38H34N6O2. The molecule has 3 heterocycles. The van der Waals surface area contributed by atoms with Crippen molar-refractivity contribution in [1.29, 1.82) is 0 Å². The lowest BCUT2D eigenvalue weighted by Crippen LogP contribution is -2.33. The first kappa shape index (κ1) is 29.0. The maximum atomic E-state index is 14.0. The summed E-state index contributed by atoms with van der Waals surface area (Å²) in [6.07, 6.45) is 5.73. The number of hydrogen-bond donors (Lipinski definition) is 2. The molecule has 0 saturated carbocycles. The van der Waals surface area contributed by atoms with E-state index in [4.69, 9.17) is 14.9 Å². The van der Waals surface area contributed by atoms with Crippen molar-refractivity contribution in [3.05, 3.63) is 156 Å². The molecule has 1 amide bonds. The van der Waals surface area contributed by atoms with E-state index in [2.05, 4.69) is 68.4 Å². The molecule has 0 radical (unpaired) electrons. The number of para-hydroxylation sites is 1. The quantitative estimate of drug-likeness (QED) is 0.168. The molecular weight excluding hydrogens is 572 g/mol. The van der Waals surface area contributed by atoms with Crippen molar-refractivity contribution in [2.24, 2.45) is 0 Å². The number of carbonyl (C=O) groups excluding carboxylic acids is 1. The number of nitrogens with one attached hydrogen (secondary N) is 2. The van der Waals surface area contributed by atoms with Crippen LogP contribution in [0.1, 0.15) is 44.9 Å². The van der Waals surface area contributed by atoms with Gasteiger partial charge in [0.05, 0.1) is 19.7 Å². The first-order chi connectivity index (χ1) is 22.7. The third-order valence-electron chi connectivity index (χ3n) is 8.44. The van der Waals surface area contributed by atoms with Crippen LogP contribution in [0.4, 0.5) is 0 Å². The number of H-pyrrole nitrogens is 1. The van der Waals surface area contributed by atoms with Crippen LogP contribution in [-0.4, -0.2) is 37.7 Å². The smallest absolute Gasteiger partial charge is 0.271 e. The first-order valence-electron chi connectivity index (χ1n) is 15.4. The van der Waals surface area contributed by atoms with Crippen molar-refractivity contribution < 1.29 is 9.53 Å². The molecule has 2 N–H and O–H groups in total. The Morgan fingerprint density at radius 2 is 1.59 bits per heavy atom. The predicted octanol–water partition coefficient (Wildman–Crippen LogP) is 6.86. The number of ether oxygens (including phenoxy) is 1. The number of pyridine rings is 1. The SMILES string of the molecule is COc1ccc(Cn2c(CCc3ccccc3)nnc2[C@@H](Cc2c[nH]c3ccccc23)NC(=O)c2nccc3ccccc23)cc1. The van der Waals surface area contributed by atoms with Gasteiger partial charge in [-0.1, -0.05) is 84.9 Å². The Labute approximate surface area is 267 Å². The zero-order chi connectivity index (χ0) is 31.3. The van der Waals surface area contributed by atoms with Gasteiger partial charge in [-0.05, 0) is 52.8 Å². The van der Waals surface area contributed by atoms with E-state index in [0.717, 1.165) is 50.8 Å². The highest BCUT2D eigenvalue weighted by molar-refractivity contribution is 6.05. The Bertz CT molecular complexity index is 2090. The van der Waals surface area contributed by atoms with Crippen LogP contribution in [0.5, 0.6) is 5.75 Å². The highest BCUT2D eigenvalue weighted by atomic mass is 16.5. The summed E-state index contributed by atoms with van der Waals surface area (Å²) in [4.78, 5) is 21.9. The standard InChI is InChI=1S/C38H34N6O2/c1-46-30-18-15-27(16-19-30)25-44-35(20-17-26-9-3-2-4-10-26)42-43-37(44)34(23-29-24-40-33-14-8-7-12-31(29)33)41-38(45)36-32-13-6-5-11-28(32)21-22-39-36/h2-16,18-19,21-22,24,34,40H,17,20,23,25H2,1H3,(H,41,45)/t34-/m1/s1. The van der Waals surface area contributed by atoms with Gasteiger partial charge in [-0.2, -0.15) is 0 Å². The number of nitrogens with zero attached hydrogens (tertiary/aromatic N) is 4. The van der Waals surface area contributed by atoms with Crippen molar-refractivity contribution in [2.75, 3.05) is 7.11 Å². The topological polar surface area (TPSA) is 97.7 Å². The zero-order valence-corrected chi connectivity index (χ0v) is 25.6. The molecule has 0 spiro atoms. The Balaban J connectivity index is 1.29. The number of aromatic nitrogens is 5. The van der Waals surface area contributed by atoms with E-state index in [1.54, 1.807) is 13.3 Å². The number of benzene rings is 4. The van der Waals surface area contributed by atoms with E-state index >= 15 is 0 Å². The Hall–Kier alpha value is -5.76. The minimum atomic E-state index is -0.483. The van der Waals surface area contributed by atoms with Crippen LogP contribution >= 0.6 is 0 Å². The van der Waals surface area contributed by atoms with Gasteiger partial charge >= 0.3 is 0 Å². The molecule has 228 valence electrons. The Kier molecular flexibility index (Phi) is 8.24. The average Bonchev–Trinajstić information content (AvgIpc) is 3.71. The third kappa shape index (κ3) is 6.10. The molecule has 7 rings (SSSR count). The fourth-order valence-electron chi connectivity index (χ4n) is 6.03. The van der Waals surface area contributed by atoms with E-state index in [0.29, 0.717) is 30.9 Å². The van der Waals surface area contributed by atoms with Gasteiger partial charge in [-0.3, -0.25) is 9.78 Å². The molecule has 0 bridgehead atoms. The fourth-order valence-corrected chi connectivity index (χ4v) is 6.03. The van der Waals surface area contributed by atoms with E-state index in [-0.39, 0.29) is 5.91 Å². The normalized spacial score (nSPS) is 11.9. The van der Waals surface area contributed by atoms with Crippen LogP contribution in [0.3, 0.4) is 0 Å². The summed E-state index contributed by atoms with van der Waals surface area (Å²) < 4.78 is 7.55. The Morgan fingerprint density at radius 3 is 2.41 bits per heavy atom. The number of fused-ring (bicyclic) bond motifs is 2. The minimum absolute atomic E-state index is 0.258. The van der Waals surface area contributed by atoms with Gasteiger partial charge in [0.15, 0.2) is 5.82 Å². The van der Waals surface area contributed by atoms with Gasteiger partial charge in [-0.15, -0.1) is 10.2 Å². The number of aromatic amines is 1. The number of aryl methyl sites for hydroxylation is 2.